The molecule has 4 nitrogen and oxygen atoms in total. The van der Waals surface area contributed by atoms with Crippen molar-refractivity contribution >= 4 is 11.5 Å². The van der Waals surface area contributed by atoms with Crippen molar-refractivity contribution < 1.29 is 0 Å². The molecule has 0 aliphatic rings. The summed E-state index contributed by atoms with van der Waals surface area (Å²) < 4.78 is 1.89. The Morgan fingerprint density at radius 3 is 2.71 bits per heavy atom. The molecule has 2 aromatic rings. The molecule has 2 rings (SSSR count). The van der Waals surface area contributed by atoms with Gasteiger partial charge in [-0.3, -0.25) is 4.68 Å². The van der Waals surface area contributed by atoms with E-state index in [1.165, 1.54) is 5.56 Å². The van der Waals surface area contributed by atoms with Crippen molar-refractivity contribution in [2.24, 2.45) is 0 Å². The lowest BCUT2D eigenvalue weighted by molar-refractivity contribution is 0.611. The fourth-order valence-corrected chi connectivity index (χ4v) is 1.96. The number of nitrogens with zero attached hydrogens (tertiary/aromatic N) is 2. The third kappa shape index (κ3) is 2.11. The Hall–Kier alpha value is -1.97. The smallest absolute Gasteiger partial charge is 0.169 e. The van der Waals surface area contributed by atoms with E-state index in [2.05, 4.69) is 31.1 Å². The monoisotopic (exact) mass is 230 g/mol. The summed E-state index contributed by atoms with van der Waals surface area (Å²) in [6.07, 6.45) is 0.999. The summed E-state index contributed by atoms with van der Waals surface area (Å²) in [4.78, 5) is 0. The van der Waals surface area contributed by atoms with Gasteiger partial charge >= 0.3 is 0 Å². The SMILES string of the molecule is CCCn1nc(N)c(N)c1-c1cccc(C)c1. The first-order valence-electron chi connectivity index (χ1n) is 5.82. The van der Waals surface area contributed by atoms with Crippen molar-refractivity contribution in [3.05, 3.63) is 29.8 Å². The van der Waals surface area contributed by atoms with Crippen LogP contribution in [0.4, 0.5) is 11.5 Å². The Labute approximate surface area is 101 Å². The predicted octanol–water partition coefficient (Wildman–Crippen LogP) is 2.43. The first-order chi connectivity index (χ1) is 8.13. The Bertz CT molecular complexity index is 528. The lowest BCUT2D eigenvalue weighted by Crippen LogP contribution is -2.02. The first-order valence-corrected chi connectivity index (χ1v) is 5.82. The van der Waals surface area contributed by atoms with Gasteiger partial charge in [-0.05, 0) is 19.4 Å². The number of anilines is 2. The van der Waals surface area contributed by atoms with Crippen molar-refractivity contribution in [3.8, 4) is 11.3 Å². The molecule has 0 spiro atoms. The van der Waals surface area contributed by atoms with Crippen LogP contribution in [0.3, 0.4) is 0 Å². The molecule has 0 amide bonds. The fraction of sp³-hybridized carbons (Fsp3) is 0.308. The molecule has 0 aliphatic carbocycles. The molecule has 0 radical (unpaired) electrons. The first kappa shape index (κ1) is 11.5. The van der Waals surface area contributed by atoms with Crippen molar-refractivity contribution in [2.75, 3.05) is 11.5 Å². The number of rotatable bonds is 3. The molecule has 0 bridgehead atoms. The Morgan fingerprint density at radius 2 is 2.06 bits per heavy atom. The van der Waals surface area contributed by atoms with Gasteiger partial charge in [0.1, 0.15) is 5.69 Å². The van der Waals surface area contributed by atoms with Crippen LogP contribution in [0, 0.1) is 6.92 Å². The Balaban J connectivity index is 2.57. The van der Waals surface area contributed by atoms with Crippen molar-refractivity contribution in [1.29, 1.82) is 0 Å². The molecule has 0 atom stereocenters. The zero-order valence-corrected chi connectivity index (χ0v) is 10.3. The standard InChI is InChI=1S/C13H18N4/c1-3-7-17-12(11(14)13(15)16-17)10-6-4-5-9(2)8-10/h4-6,8H,3,7,14H2,1-2H3,(H2,15,16). The predicted molar refractivity (Wildman–Crippen MR) is 71.5 cm³/mol. The van der Waals surface area contributed by atoms with Crippen molar-refractivity contribution in [1.82, 2.24) is 9.78 Å². The van der Waals surface area contributed by atoms with Gasteiger partial charge in [-0.25, -0.2) is 0 Å². The zero-order valence-electron chi connectivity index (χ0n) is 10.3. The Kier molecular flexibility index (Phi) is 3.04. The van der Waals surface area contributed by atoms with Crippen LogP contribution in [0.2, 0.25) is 0 Å². The highest BCUT2D eigenvalue weighted by atomic mass is 15.3. The zero-order chi connectivity index (χ0) is 12.4. The second kappa shape index (κ2) is 4.49. The molecule has 1 heterocycles. The number of aryl methyl sites for hydroxylation is 2. The minimum atomic E-state index is 0.412. The van der Waals surface area contributed by atoms with E-state index in [4.69, 9.17) is 11.5 Å². The molecule has 17 heavy (non-hydrogen) atoms. The molecular weight excluding hydrogens is 212 g/mol. The summed E-state index contributed by atoms with van der Waals surface area (Å²) >= 11 is 0. The van der Waals surface area contributed by atoms with Gasteiger partial charge in [0.25, 0.3) is 0 Å². The topological polar surface area (TPSA) is 69.9 Å². The number of nitrogens with two attached hydrogens (primary N) is 2. The van der Waals surface area contributed by atoms with Crippen LogP contribution < -0.4 is 11.5 Å². The molecule has 1 aromatic carbocycles. The van der Waals surface area contributed by atoms with Gasteiger partial charge in [-0.2, -0.15) is 5.10 Å². The van der Waals surface area contributed by atoms with Crippen LogP contribution >= 0.6 is 0 Å². The molecular formula is C13H18N4. The van der Waals surface area contributed by atoms with Gasteiger partial charge in [0.15, 0.2) is 5.82 Å². The summed E-state index contributed by atoms with van der Waals surface area (Å²) in [6.45, 7) is 4.99. The van der Waals surface area contributed by atoms with Crippen LogP contribution in [-0.2, 0) is 6.54 Å². The van der Waals surface area contributed by atoms with Crippen molar-refractivity contribution in [2.45, 2.75) is 26.8 Å². The third-order valence-electron chi connectivity index (χ3n) is 2.74. The van der Waals surface area contributed by atoms with Crippen molar-refractivity contribution in [3.63, 3.8) is 0 Å². The van der Waals surface area contributed by atoms with Gasteiger partial charge in [0.05, 0.1) is 5.69 Å². The molecule has 0 saturated heterocycles. The highest BCUT2D eigenvalue weighted by Gasteiger charge is 2.14. The summed E-state index contributed by atoms with van der Waals surface area (Å²) in [5.74, 6) is 0.412. The number of hydrogen-bond acceptors (Lipinski definition) is 3. The number of aromatic nitrogens is 2. The number of benzene rings is 1. The maximum Gasteiger partial charge on any atom is 0.169 e. The van der Waals surface area contributed by atoms with E-state index in [9.17, 15) is 0 Å². The normalized spacial score (nSPS) is 10.7. The molecule has 0 unspecified atom stereocenters. The van der Waals surface area contributed by atoms with E-state index in [0.29, 0.717) is 11.5 Å². The van der Waals surface area contributed by atoms with E-state index >= 15 is 0 Å². The Morgan fingerprint density at radius 1 is 1.29 bits per heavy atom. The summed E-state index contributed by atoms with van der Waals surface area (Å²) in [7, 11) is 0. The van der Waals surface area contributed by atoms with E-state index in [0.717, 1.165) is 24.2 Å². The van der Waals surface area contributed by atoms with Gasteiger partial charge in [0, 0.05) is 12.1 Å². The largest absolute Gasteiger partial charge is 0.394 e. The van der Waals surface area contributed by atoms with Gasteiger partial charge in [0.2, 0.25) is 0 Å². The van der Waals surface area contributed by atoms with Crippen LogP contribution in [0.25, 0.3) is 11.3 Å². The fourth-order valence-electron chi connectivity index (χ4n) is 1.96. The maximum atomic E-state index is 6.01. The van der Waals surface area contributed by atoms with Crippen LogP contribution in [0.1, 0.15) is 18.9 Å². The van der Waals surface area contributed by atoms with E-state index in [1.807, 2.05) is 16.8 Å². The van der Waals surface area contributed by atoms with E-state index in [-0.39, 0.29) is 0 Å². The summed E-state index contributed by atoms with van der Waals surface area (Å²) in [5, 5.41) is 4.28. The summed E-state index contributed by atoms with van der Waals surface area (Å²) in [6, 6.07) is 8.21. The number of nitrogen functional groups attached to an aromatic ring is 2. The second-order valence-corrected chi connectivity index (χ2v) is 4.24. The number of hydrogen-bond donors (Lipinski definition) is 2. The molecule has 0 fully saturated rings. The highest BCUT2D eigenvalue weighted by molar-refractivity contribution is 5.80. The molecule has 0 saturated carbocycles. The maximum absolute atomic E-state index is 6.01. The molecule has 0 aliphatic heterocycles. The van der Waals surface area contributed by atoms with E-state index < -0.39 is 0 Å². The van der Waals surface area contributed by atoms with Crippen LogP contribution in [0.15, 0.2) is 24.3 Å². The average Bonchev–Trinajstić information content (AvgIpc) is 2.55. The van der Waals surface area contributed by atoms with Crippen LogP contribution in [0.5, 0.6) is 0 Å². The lowest BCUT2D eigenvalue weighted by Gasteiger charge is -2.07. The second-order valence-electron chi connectivity index (χ2n) is 4.24. The van der Waals surface area contributed by atoms with E-state index in [1.54, 1.807) is 0 Å². The molecule has 4 heteroatoms. The van der Waals surface area contributed by atoms with Gasteiger partial charge < -0.3 is 11.5 Å². The van der Waals surface area contributed by atoms with Crippen LogP contribution in [-0.4, -0.2) is 9.78 Å². The average molecular weight is 230 g/mol. The highest BCUT2D eigenvalue weighted by Crippen LogP contribution is 2.30. The van der Waals surface area contributed by atoms with Gasteiger partial charge in [-0.15, -0.1) is 0 Å². The molecule has 4 N–H and O–H groups in total. The minimum Gasteiger partial charge on any atom is -0.394 e. The van der Waals surface area contributed by atoms with Gasteiger partial charge in [-0.1, -0.05) is 30.7 Å². The summed E-state index contributed by atoms with van der Waals surface area (Å²) in [5.41, 5.74) is 15.6. The molecule has 1 aromatic heterocycles. The lowest BCUT2D eigenvalue weighted by atomic mass is 10.1. The third-order valence-corrected chi connectivity index (χ3v) is 2.74. The minimum absolute atomic E-state index is 0.412. The quantitative estimate of drug-likeness (QED) is 0.850. The molecule has 90 valence electrons.